The van der Waals surface area contributed by atoms with Crippen LogP contribution in [0.5, 0.6) is 11.6 Å². The third kappa shape index (κ3) is 3.05. The van der Waals surface area contributed by atoms with Crippen molar-refractivity contribution in [3.63, 3.8) is 0 Å². The first-order valence-corrected chi connectivity index (χ1v) is 8.67. The first kappa shape index (κ1) is 17.6. The largest absolute Gasteiger partial charge is 0.489 e. The van der Waals surface area contributed by atoms with Crippen molar-refractivity contribution in [2.24, 2.45) is 5.73 Å². The first-order chi connectivity index (χ1) is 13.6. The lowest BCUT2D eigenvalue weighted by atomic mass is 9.83. The number of para-hydroxylation sites is 1. The number of allylic oxidation sites excluding steroid dienone is 1. The van der Waals surface area contributed by atoms with Gasteiger partial charge in [-0.05, 0) is 30.7 Å². The number of aryl methyl sites for hydroxylation is 1. The number of ether oxygens (including phenoxy) is 2. The van der Waals surface area contributed by atoms with Gasteiger partial charge in [0.25, 0.3) is 0 Å². The Morgan fingerprint density at radius 3 is 2.75 bits per heavy atom. The molecule has 0 unspecified atom stereocenters. The number of fused-ring (bicyclic) bond motifs is 1. The number of nitrogens with zero attached hydrogens (tertiary/aromatic N) is 2. The van der Waals surface area contributed by atoms with Crippen molar-refractivity contribution in [1.29, 1.82) is 5.26 Å². The van der Waals surface area contributed by atoms with Gasteiger partial charge in [0, 0.05) is 16.8 Å². The van der Waals surface area contributed by atoms with Crippen LogP contribution in [0.25, 0.3) is 0 Å². The Morgan fingerprint density at radius 2 is 2.00 bits per heavy atom. The minimum atomic E-state index is -0.461. The van der Waals surface area contributed by atoms with Gasteiger partial charge in [0.15, 0.2) is 0 Å². The fourth-order valence-electron chi connectivity index (χ4n) is 3.30. The Morgan fingerprint density at radius 1 is 1.25 bits per heavy atom. The molecule has 0 aliphatic carbocycles. The summed E-state index contributed by atoms with van der Waals surface area (Å²) in [5.41, 5.74) is 9.42. The quantitative estimate of drug-likeness (QED) is 0.724. The summed E-state index contributed by atoms with van der Waals surface area (Å²) in [6.45, 7) is 2.12. The van der Waals surface area contributed by atoms with Gasteiger partial charge in [0.1, 0.15) is 29.8 Å². The van der Waals surface area contributed by atoms with Crippen molar-refractivity contribution in [3.8, 4) is 17.7 Å². The van der Waals surface area contributed by atoms with E-state index < -0.39 is 5.92 Å². The molecule has 0 bridgehead atoms. The fourth-order valence-corrected chi connectivity index (χ4v) is 3.30. The number of hydrogen-bond donors (Lipinski definition) is 2. The Labute approximate surface area is 161 Å². The van der Waals surface area contributed by atoms with Gasteiger partial charge < -0.3 is 15.2 Å². The smallest absolute Gasteiger partial charge is 0.244 e. The van der Waals surface area contributed by atoms with E-state index in [0.29, 0.717) is 17.2 Å². The lowest BCUT2D eigenvalue weighted by Crippen LogP contribution is -2.21. The van der Waals surface area contributed by atoms with Gasteiger partial charge in [-0.1, -0.05) is 30.3 Å². The maximum Gasteiger partial charge on any atom is 0.244 e. The van der Waals surface area contributed by atoms with Crippen molar-refractivity contribution in [2.45, 2.75) is 19.4 Å². The zero-order valence-electron chi connectivity index (χ0n) is 15.1. The Bertz CT molecular complexity index is 1100. The number of aromatic nitrogens is 2. The molecule has 4 rings (SSSR count). The Hall–Kier alpha value is -3.79. The number of nitrogens with one attached hydrogen (secondary N) is 1. The van der Waals surface area contributed by atoms with E-state index in [0.717, 1.165) is 22.4 Å². The van der Waals surface area contributed by atoms with Crippen molar-refractivity contribution in [3.05, 3.63) is 88.2 Å². The molecule has 28 heavy (non-hydrogen) atoms. The van der Waals surface area contributed by atoms with Gasteiger partial charge in [0.2, 0.25) is 11.8 Å². The predicted molar refractivity (Wildman–Crippen MR) is 99.8 cm³/mol. The lowest BCUT2D eigenvalue weighted by molar-refractivity contribution is 0.301. The van der Waals surface area contributed by atoms with Crippen LogP contribution in [0, 0.1) is 24.1 Å². The SMILES string of the molecule is Cc1[nH]nc2c1[C@@H](c1ccccc1OCc1ccc(F)cc1)C(C#N)=C(N)O2. The minimum absolute atomic E-state index is 0.0276. The summed E-state index contributed by atoms with van der Waals surface area (Å²) in [7, 11) is 0. The van der Waals surface area contributed by atoms with Crippen molar-refractivity contribution in [1.82, 2.24) is 10.2 Å². The van der Waals surface area contributed by atoms with E-state index in [1.165, 1.54) is 12.1 Å². The van der Waals surface area contributed by atoms with E-state index in [1.54, 1.807) is 12.1 Å². The molecule has 0 saturated carbocycles. The summed E-state index contributed by atoms with van der Waals surface area (Å²) >= 11 is 0. The van der Waals surface area contributed by atoms with Crippen LogP contribution in [0.4, 0.5) is 4.39 Å². The number of benzene rings is 2. The van der Waals surface area contributed by atoms with Crippen LogP contribution in [-0.2, 0) is 6.61 Å². The van der Waals surface area contributed by atoms with Crippen molar-refractivity contribution in [2.75, 3.05) is 0 Å². The van der Waals surface area contributed by atoms with Gasteiger partial charge in [-0.2, -0.15) is 5.26 Å². The zero-order chi connectivity index (χ0) is 19.7. The summed E-state index contributed by atoms with van der Waals surface area (Å²) in [5, 5.41) is 16.7. The highest BCUT2D eigenvalue weighted by atomic mass is 19.1. The zero-order valence-corrected chi connectivity index (χ0v) is 15.1. The molecule has 0 fully saturated rings. The number of hydrogen-bond acceptors (Lipinski definition) is 5. The first-order valence-electron chi connectivity index (χ1n) is 8.67. The lowest BCUT2D eigenvalue weighted by Gasteiger charge is -2.25. The second-order valence-corrected chi connectivity index (χ2v) is 6.45. The molecule has 1 aromatic heterocycles. The van der Waals surface area contributed by atoms with Crippen LogP contribution < -0.4 is 15.2 Å². The van der Waals surface area contributed by atoms with Crippen LogP contribution in [0.3, 0.4) is 0 Å². The molecule has 6 nitrogen and oxygen atoms in total. The molecule has 140 valence electrons. The molecule has 2 heterocycles. The van der Waals surface area contributed by atoms with Crippen LogP contribution >= 0.6 is 0 Å². The van der Waals surface area contributed by atoms with Crippen LogP contribution in [0.1, 0.15) is 28.3 Å². The Kier molecular flexibility index (Phi) is 4.45. The molecule has 0 amide bonds. The molecule has 3 N–H and O–H groups in total. The van der Waals surface area contributed by atoms with Crippen molar-refractivity contribution < 1.29 is 13.9 Å². The van der Waals surface area contributed by atoms with Crippen LogP contribution in [-0.4, -0.2) is 10.2 Å². The molecule has 2 aromatic carbocycles. The molecule has 0 spiro atoms. The Balaban J connectivity index is 1.74. The average molecular weight is 376 g/mol. The molecule has 1 aliphatic rings. The van der Waals surface area contributed by atoms with E-state index in [2.05, 4.69) is 16.3 Å². The fraction of sp³-hybridized carbons (Fsp3) is 0.143. The van der Waals surface area contributed by atoms with Crippen LogP contribution in [0.2, 0.25) is 0 Å². The van der Waals surface area contributed by atoms with E-state index in [1.807, 2.05) is 31.2 Å². The van der Waals surface area contributed by atoms with Gasteiger partial charge in [-0.3, -0.25) is 5.10 Å². The molecule has 7 heteroatoms. The topological polar surface area (TPSA) is 97.0 Å². The molecule has 1 aliphatic heterocycles. The van der Waals surface area contributed by atoms with E-state index >= 15 is 0 Å². The molecule has 0 saturated heterocycles. The molecule has 3 aromatic rings. The average Bonchev–Trinajstić information content (AvgIpc) is 3.07. The summed E-state index contributed by atoms with van der Waals surface area (Å²) in [4.78, 5) is 0. The minimum Gasteiger partial charge on any atom is -0.489 e. The normalized spacial score (nSPS) is 15.5. The highest BCUT2D eigenvalue weighted by Crippen LogP contribution is 2.45. The summed E-state index contributed by atoms with van der Waals surface area (Å²) in [6.07, 6.45) is 0. The second kappa shape index (κ2) is 7.08. The van der Waals surface area contributed by atoms with Gasteiger partial charge in [-0.15, -0.1) is 5.10 Å². The number of aromatic amines is 1. The van der Waals surface area contributed by atoms with Crippen LogP contribution in [0.15, 0.2) is 60.0 Å². The van der Waals surface area contributed by atoms with E-state index in [-0.39, 0.29) is 18.3 Å². The standard InChI is InChI=1S/C21H17FN4O2/c1-12-18-19(16(10-23)20(24)28-21(18)26-25-12)15-4-2-3-5-17(15)27-11-13-6-8-14(22)9-7-13/h2-9,19H,11,24H2,1H3,(H,25,26)/t19-/m0/s1. The number of halogens is 1. The molecular formula is C21H17FN4O2. The molecule has 0 radical (unpaired) electrons. The van der Waals surface area contributed by atoms with Gasteiger partial charge >= 0.3 is 0 Å². The highest BCUT2D eigenvalue weighted by Gasteiger charge is 2.35. The number of rotatable bonds is 4. The highest BCUT2D eigenvalue weighted by molar-refractivity contribution is 5.57. The summed E-state index contributed by atoms with van der Waals surface area (Å²) in [6, 6.07) is 15.7. The number of nitrogens with two attached hydrogens (primary N) is 1. The summed E-state index contributed by atoms with van der Waals surface area (Å²) in [5.74, 6) is 0.225. The number of nitriles is 1. The third-order valence-corrected chi connectivity index (χ3v) is 4.67. The predicted octanol–water partition coefficient (Wildman–Crippen LogP) is 3.65. The molecule has 1 atom stereocenters. The monoisotopic (exact) mass is 376 g/mol. The van der Waals surface area contributed by atoms with Gasteiger partial charge in [-0.25, -0.2) is 4.39 Å². The maximum atomic E-state index is 13.1. The van der Waals surface area contributed by atoms with Crippen molar-refractivity contribution >= 4 is 0 Å². The van der Waals surface area contributed by atoms with Gasteiger partial charge in [0.05, 0.1) is 5.92 Å². The second-order valence-electron chi connectivity index (χ2n) is 6.45. The van der Waals surface area contributed by atoms with E-state index in [9.17, 15) is 9.65 Å². The number of H-pyrrole nitrogens is 1. The third-order valence-electron chi connectivity index (χ3n) is 4.67. The maximum absolute atomic E-state index is 13.1. The molecular weight excluding hydrogens is 359 g/mol. The summed E-state index contributed by atoms with van der Waals surface area (Å²) < 4.78 is 24.6. The van der Waals surface area contributed by atoms with E-state index in [4.69, 9.17) is 15.2 Å².